The highest BCUT2D eigenvalue weighted by atomic mass is 16.6. The first-order valence-corrected chi connectivity index (χ1v) is 8.16. The maximum absolute atomic E-state index is 12.7. The minimum Gasteiger partial charge on any atom is -0.410 e. The predicted octanol–water partition coefficient (Wildman–Crippen LogP) is 4.84. The number of ether oxygens (including phenoxy) is 1. The molecule has 0 spiro atoms. The summed E-state index contributed by atoms with van der Waals surface area (Å²) in [6.45, 7) is 7.93. The van der Waals surface area contributed by atoms with E-state index in [2.05, 4.69) is 4.98 Å². The van der Waals surface area contributed by atoms with E-state index < -0.39 is 0 Å². The lowest BCUT2D eigenvalue weighted by atomic mass is 10.1. The Kier molecular flexibility index (Phi) is 6.13. The second-order valence-corrected chi connectivity index (χ2v) is 6.12. The molecule has 0 atom stereocenters. The lowest BCUT2D eigenvalue weighted by Gasteiger charge is -2.30. The second kappa shape index (κ2) is 8.29. The van der Waals surface area contributed by atoms with Crippen LogP contribution in [0.2, 0.25) is 0 Å². The molecule has 1 aromatic heterocycles. The average Bonchev–Trinajstić information content (AvgIpc) is 2.55. The topological polar surface area (TPSA) is 42.4 Å². The Balaban J connectivity index is 2.34. The average molecular weight is 324 g/mol. The van der Waals surface area contributed by atoms with Crippen LogP contribution in [0, 0.1) is 0 Å². The normalized spacial score (nSPS) is 11.7. The van der Waals surface area contributed by atoms with Crippen LogP contribution in [-0.2, 0) is 4.74 Å². The highest BCUT2D eigenvalue weighted by Crippen LogP contribution is 2.21. The van der Waals surface area contributed by atoms with Crippen LogP contribution >= 0.6 is 0 Å². The van der Waals surface area contributed by atoms with Gasteiger partial charge in [0.1, 0.15) is 5.76 Å². The Morgan fingerprint density at radius 1 is 1.00 bits per heavy atom. The molecule has 0 aliphatic carbocycles. The highest BCUT2D eigenvalue weighted by molar-refractivity contribution is 5.84. The summed E-state index contributed by atoms with van der Waals surface area (Å²) in [5, 5.41) is 0. The third kappa shape index (κ3) is 4.69. The van der Waals surface area contributed by atoms with Crippen molar-refractivity contribution in [2.75, 3.05) is 0 Å². The zero-order valence-corrected chi connectivity index (χ0v) is 14.6. The number of benzene rings is 1. The van der Waals surface area contributed by atoms with E-state index in [4.69, 9.17) is 4.74 Å². The molecule has 0 aliphatic heterocycles. The van der Waals surface area contributed by atoms with Crippen molar-refractivity contribution in [3.8, 4) is 0 Å². The fraction of sp³-hybridized carbons (Fsp3) is 0.300. The van der Waals surface area contributed by atoms with E-state index in [-0.39, 0.29) is 18.2 Å². The van der Waals surface area contributed by atoms with Crippen LogP contribution in [0.1, 0.15) is 38.8 Å². The number of hydrogen-bond acceptors (Lipinski definition) is 3. The van der Waals surface area contributed by atoms with Gasteiger partial charge >= 0.3 is 6.09 Å². The number of carbonyl (C=O) groups is 1. The molecule has 0 aliphatic rings. The number of amides is 1. The molecule has 1 aromatic carbocycles. The van der Waals surface area contributed by atoms with Crippen molar-refractivity contribution in [2.24, 2.45) is 0 Å². The van der Waals surface area contributed by atoms with Gasteiger partial charge in [0, 0.05) is 30.0 Å². The summed E-state index contributed by atoms with van der Waals surface area (Å²) in [6, 6.07) is 13.5. The van der Waals surface area contributed by atoms with Crippen LogP contribution in [0.3, 0.4) is 0 Å². The molecule has 24 heavy (non-hydrogen) atoms. The van der Waals surface area contributed by atoms with Gasteiger partial charge in [-0.05, 0) is 51.5 Å². The van der Waals surface area contributed by atoms with Gasteiger partial charge in [-0.15, -0.1) is 0 Å². The minimum atomic E-state index is -0.343. The summed E-state index contributed by atoms with van der Waals surface area (Å²) in [7, 11) is 0. The van der Waals surface area contributed by atoms with Gasteiger partial charge in [-0.2, -0.15) is 0 Å². The monoisotopic (exact) mass is 324 g/mol. The van der Waals surface area contributed by atoms with E-state index in [0.29, 0.717) is 5.76 Å². The standard InChI is InChI=1S/C20H24N2O2/c1-15(2)22(16(3)4)20(23)24-19(18-8-6-5-7-9-18)14-17-10-12-21-13-11-17/h5-16H,1-4H3/b19-14+. The van der Waals surface area contributed by atoms with Crippen molar-refractivity contribution >= 4 is 17.9 Å². The van der Waals surface area contributed by atoms with Gasteiger partial charge in [-0.3, -0.25) is 4.98 Å². The molecule has 1 heterocycles. The molecule has 0 radical (unpaired) electrons. The van der Waals surface area contributed by atoms with Crippen molar-refractivity contribution < 1.29 is 9.53 Å². The molecule has 4 nitrogen and oxygen atoms in total. The fourth-order valence-electron chi connectivity index (χ4n) is 2.55. The molecule has 126 valence electrons. The van der Waals surface area contributed by atoms with Crippen molar-refractivity contribution in [1.29, 1.82) is 0 Å². The molecule has 2 aromatic rings. The molecule has 0 fully saturated rings. The van der Waals surface area contributed by atoms with Crippen molar-refractivity contribution in [1.82, 2.24) is 9.88 Å². The zero-order chi connectivity index (χ0) is 17.5. The van der Waals surface area contributed by atoms with Crippen molar-refractivity contribution in [3.63, 3.8) is 0 Å². The molecule has 0 N–H and O–H groups in total. The van der Waals surface area contributed by atoms with Gasteiger partial charge in [0.15, 0.2) is 0 Å². The van der Waals surface area contributed by atoms with E-state index in [1.807, 2.05) is 76.2 Å². The molecule has 0 saturated carbocycles. The Morgan fingerprint density at radius 2 is 1.58 bits per heavy atom. The smallest absolute Gasteiger partial charge is 0.410 e. The largest absolute Gasteiger partial charge is 0.415 e. The van der Waals surface area contributed by atoms with E-state index >= 15 is 0 Å². The van der Waals surface area contributed by atoms with E-state index in [9.17, 15) is 4.79 Å². The molecule has 0 saturated heterocycles. The maximum atomic E-state index is 12.7. The van der Waals surface area contributed by atoms with E-state index in [1.165, 1.54) is 0 Å². The van der Waals surface area contributed by atoms with Crippen LogP contribution in [-0.4, -0.2) is 28.1 Å². The summed E-state index contributed by atoms with van der Waals surface area (Å²) in [5.41, 5.74) is 1.78. The van der Waals surface area contributed by atoms with E-state index in [0.717, 1.165) is 11.1 Å². The van der Waals surface area contributed by atoms with Crippen LogP contribution in [0.4, 0.5) is 4.79 Å². The second-order valence-electron chi connectivity index (χ2n) is 6.12. The minimum absolute atomic E-state index is 0.0652. The van der Waals surface area contributed by atoms with Crippen LogP contribution in [0.5, 0.6) is 0 Å². The van der Waals surface area contributed by atoms with Gasteiger partial charge in [0.25, 0.3) is 0 Å². The van der Waals surface area contributed by atoms with Crippen LogP contribution < -0.4 is 0 Å². The van der Waals surface area contributed by atoms with Crippen molar-refractivity contribution in [3.05, 3.63) is 66.0 Å². The molecule has 0 bridgehead atoms. The molecule has 0 unspecified atom stereocenters. The first-order chi connectivity index (χ1) is 11.5. The summed E-state index contributed by atoms with van der Waals surface area (Å²) < 4.78 is 5.75. The van der Waals surface area contributed by atoms with Crippen LogP contribution in [0.15, 0.2) is 54.9 Å². The highest BCUT2D eigenvalue weighted by Gasteiger charge is 2.23. The van der Waals surface area contributed by atoms with Gasteiger partial charge in [0.05, 0.1) is 0 Å². The SMILES string of the molecule is CC(C)N(C(=O)O/C(=C/c1ccncc1)c1ccccc1)C(C)C. The summed E-state index contributed by atoms with van der Waals surface area (Å²) >= 11 is 0. The Morgan fingerprint density at radius 3 is 2.12 bits per heavy atom. The molecule has 1 amide bonds. The molecule has 2 rings (SSSR count). The Labute approximate surface area is 143 Å². The number of aromatic nitrogens is 1. The van der Waals surface area contributed by atoms with Crippen molar-refractivity contribution in [2.45, 2.75) is 39.8 Å². The Bertz CT molecular complexity index is 671. The number of pyridine rings is 1. The number of rotatable bonds is 5. The third-order valence-corrected chi connectivity index (χ3v) is 3.58. The quantitative estimate of drug-likeness (QED) is 0.739. The van der Waals surface area contributed by atoms with Gasteiger partial charge in [-0.1, -0.05) is 30.3 Å². The lowest BCUT2D eigenvalue weighted by Crippen LogP contribution is -2.42. The summed E-state index contributed by atoms with van der Waals surface area (Å²) in [5.74, 6) is 0.526. The molecule has 4 heteroatoms. The Hall–Kier alpha value is -2.62. The lowest BCUT2D eigenvalue weighted by molar-refractivity contribution is 0.115. The van der Waals surface area contributed by atoms with Crippen LogP contribution in [0.25, 0.3) is 11.8 Å². The number of hydrogen-bond donors (Lipinski definition) is 0. The fourth-order valence-corrected chi connectivity index (χ4v) is 2.55. The molecular formula is C20H24N2O2. The summed E-state index contributed by atoms with van der Waals surface area (Å²) in [6.07, 6.45) is 4.94. The number of nitrogens with zero attached hydrogens (tertiary/aromatic N) is 2. The van der Waals surface area contributed by atoms with E-state index in [1.54, 1.807) is 17.3 Å². The first-order valence-electron chi connectivity index (χ1n) is 8.16. The molecular weight excluding hydrogens is 300 g/mol. The number of carbonyl (C=O) groups excluding carboxylic acids is 1. The third-order valence-electron chi connectivity index (χ3n) is 3.58. The summed E-state index contributed by atoms with van der Waals surface area (Å²) in [4.78, 5) is 18.4. The first kappa shape index (κ1) is 17.7. The van der Waals surface area contributed by atoms with Gasteiger partial charge in [-0.25, -0.2) is 4.79 Å². The predicted molar refractivity (Wildman–Crippen MR) is 97.1 cm³/mol. The maximum Gasteiger partial charge on any atom is 0.415 e. The van der Waals surface area contributed by atoms with Gasteiger partial charge in [0.2, 0.25) is 0 Å². The zero-order valence-electron chi connectivity index (χ0n) is 14.6. The van der Waals surface area contributed by atoms with Gasteiger partial charge < -0.3 is 9.64 Å².